The Kier molecular flexibility index (Phi) is 6.80. The predicted octanol–water partition coefficient (Wildman–Crippen LogP) is 4.52. The molecule has 4 nitrogen and oxygen atoms in total. The lowest BCUT2D eigenvalue weighted by Crippen LogP contribution is -2.26. The molecule has 0 saturated carbocycles. The number of carbonyl (C=O) groups is 1. The SMILES string of the molecule is CC/C(=N/NC(=O)COc1ccc(Br)cc1Br)c1ccccc1. The number of ether oxygens (including phenoxy) is 1. The van der Waals surface area contributed by atoms with Gasteiger partial charge in [-0.1, -0.05) is 53.2 Å². The van der Waals surface area contributed by atoms with Crippen molar-refractivity contribution in [3.05, 3.63) is 63.0 Å². The van der Waals surface area contributed by atoms with Crippen molar-refractivity contribution in [2.45, 2.75) is 13.3 Å². The molecule has 0 spiro atoms. The molecule has 0 bridgehead atoms. The van der Waals surface area contributed by atoms with Crippen molar-refractivity contribution in [3.8, 4) is 5.75 Å². The van der Waals surface area contributed by atoms with Gasteiger partial charge in [0.15, 0.2) is 6.61 Å². The minimum atomic E-state index is -0.304. The standard InChI is InChI=1S/C17H16Br2N2O2/c1-2-15(12-6-4-3-5-7-12)20-21-17(22)11-23-16-9-8-13(18)10-14(16)19/h3-10H,2,11H2,1H3,(H,21,22)/b20-15-. The summed E-state index contributed by atoms with van der Waals surface area (Å²) < 4.78 is 7.19. The quantitative estimate of drug-likeness (QED) is 0.531. The van der Waals surface area contributed by atoms with E-state index in [1.165, 1.54) is 0 Å². The van der Waals surface area contributed by atoms with Crippen LogP contribution >= 0.6 is 31.9 Å². The first-order chi connectivity index (χ1) is 11.1. The lowest BCUT2D eigenvalue weighted by Gasteiger charge is -2.08. The van der Waals surface area contributed by atoms with E-state index in [2.05, 4.69) is 42.4 Å². The molecule has 1 amide bonds. The summed E-state index contributed by atoms with van der Waals surface area (Å²) in [4.78, 5) is 11.9. The lowest BCUT2D eigenvalue weighted by atomic mass is 10.1. The topological polar surface area (TPSA) is 50.7 Å². The number of benzene rings is 2. The third-order valence-electron chi connectivity index (χ3n) is 3.01. The smallest absolute Gasteiger partial charge is 0.277 e. The van der Waals surface area contributed by atoms with Gasteiger partial charge in [0.2, 0.25) is 0 Å². The molecule has 0 saturated heterocycles. The summed E-state index contributed by atoms with van der Waals surface area (Å²) in [5.41, 5.74) is 4.35. The van der Waals surface area contributed by atoms with E-state index in [1.807, 2.05) is 49.4 Å². The summed E-state index contributed by atoms with van der Waals surface area (Å²) in [5, 5.41) is 4.18. The van der Waals surface area contributed by atoms with Crippen molar-refractivity contribution in [2.75, 3.05) is 6.61 Å². The summed E-state index contributed by atoms with van der Waals surface area (Å²) in [5.74, 6) is 0.299. The first-order valence-electron chi connectivity index (χ1n) is 7.09. The van der Waals surface area contributed by atoms with Crippen LogP contribution in [0.15, 0.2) is 62.6 Å². The number of carbonyl (C=O) groups excluding carboxylic acids is 1. The van der Waals surface area contributed by atoms with E-state index >= 15 is 0 Å². The normalized spacial score (nSPS) is 11.2. The van der Waals surface area contributed by atoms with Crippen LogP contribution in [0, 0.1) is 0 Å². The van der Waals surface area contributed by atoms with Crippen molar-refractivity contribution in [2.24, 2.45) is 5.10 Å². The lowest BCUT2D eigenvalue weighted by molar-refractivity contribution is -0.123. The molecule has 1 N–H and O–H groups in total. The highest BCUT2D eigenvalue weighted by atomic mass is 79.9. The van der Waals surface area contributed by atoms with E-state index < -0.39 is 0 Å². The van der Waals surface area contributed by atoms with Crippen LogP contribution in [0.25, 0.3) is 0 Å². The molecule has 0 aliphatic carbocycles. The van der Waals surface area contributed by atoms with Crippen LogP contribution in [-0.2, 0) is 4.79 Å². The Balaban J connectivity index is 1.92. The van der Waals surface area contributed by atoms with Gasteiger partial charge in [-0.05, 0) is 46.1 Å². The van der Waals surface area contributed by atoms with Gasteiger partial charge in [0.05, 0.1) is 10.2 Å². The maximum Gasteiger partial charge on any atom is 0.277 e. The fraction of sp³-hybridized carbons (Fsp3) is 0.176. The molecule has 0 aromatic heterocycles. The molecule has 2 aromatic carbocycles. The third kappa shape index (κ3) is 5.48. The number of halogens is 2. The van der Waals surface area contributed by atoms with Crippen LogP contribution in [0.3, 0.4) is 0 Å². The van der Waals surface area contributed by atoms with Crippen LogP contribution < -0.4 is 10.2 Å². The van der Waals surface area contributed by atoms with Crippen LogP contribution in [0.4, 0.5) is 0 Å². The molecule has 0 radical (unpaired) electrons. The summed E-state index contributed by atoms with van der Waals surface area (Å²) in [7, 11) is 0. The Labute approximate surface area is 152 Å². The average molecular weight is 440 g/mol. The maximum absolute atomic E-state index is 11.9. The fourth-order valence-electron chi connectivity index (χ4n) is 1.88. The molecular weight excluding hydrogens is 424 g/mol. The van der Waals surface area contributed by atoms with Gasteiger partial charge >= 0.3 is 0 Å². The van der Waals surface area contributed by atoms with Crippen molar-refractivity contribution < 1.29 is 9.53 Å². The number of hydrazone groups is 1. The highest BCUT2D eigenvalue weighted by Gasteiger charge is 2.06. The molecule has 6 heteroatoms. The first-order valence-corrected chi connectivity index (χ1v) is 8.67. The third-order valence-corrected chi connectivity index (χ3v) is 4.12. The van der Waals surface area contributed by atoms with Gasteiger partial charge < -0.3 is 4.74 Å². The molecule has 0 aliphatic heterocycles. The van der Waals surface area contributed by atoms with E-state index in [-0.39, 0.29) is 12.5 Å². The minimum absolute atomic E-state index is 0.102. The van der Waals surface area contributed by atoms with Crippen LogP contribution in [0.2, 0.25) is 0 Å². The van der Waals surface area contributed by atoms with Gasteiger partial charge in [0.1, 0.15) is 5.75 Å². The number of hydrogen-bond donors (Lipinski definition) is 1. The molecule has 120 valence electrons. The Morgan fingerprint density at radius 3 is 2.57 bits per heavy atom. The second-order valence-corrected chi connectivity index (χ2v) is 6.45. The van der Waals surface area contributed by atoms with E-state index in [9.17, 15) is 4.79 Å². The predicted molar refractivity (Wildman–Crippen MR) is 98.7 cm³/mol. The van der Waals surface area contributed by atoms with Gasteiger partial charge in [0.25, 0.3) is 5.91 Å². The molecule has 0 heterocycles. The fourth-order valence-corrected chi connectivity index (χ4v) is 3.04. The molecule has 0 aliphatic rings. The molecule has 0 atom stereocenters. The Bertz CT molecular complexity index is 703. The number of amides is 1. The van der Waals surface area contributed by atoms with Gasteiger partial charge in [0, 0.05) is 4.47 Å². The van der Waals surface area contributed by atoms with Crippen LogP contribution in [-0.4, -0.2) is 18.2 Å². The van der Waals surface area contributed by atoms with E-state index in [4.69, 9.17) is 4.74 Å². The van der Waals surface area contributed by atoms with Gasteiger partial charge in [-0.25, -0.2) is 5.43 Å². The van der Waals surface area contributed by atoms with Crippen LogP contribution in [0.5, 0.6) is 5.75 Å². The second kappa shape index (κ2) is 8.84. The zero-order chi connectivity index (χ0) is 16.7. The van der Waals surface area contributed by atoms with Crippen molar-refractivity contribution in [3.63, 3.8) is 0 Å². The maximum atomic E-state index is 11.9. The van der Waals surface area contributed by atoms with E-state index in [0.717, 1.165) is 26.6 Å². The van der Waals surface area contributed by atoms with Crippen LogP contribution in [0.1, 0.15) is 18.9 Å². The van der Waals surface area contributed by atoms with Crippen molar-refractivity contribution in [1.82, 2.24) is 5.43 Å². The number of rotatable bonds is 6. The molecule has 23 heavy (non-hydrogen) atoms. The number of nitrogens with zero attached hydrogens (tertiary/aromatic N) is 1. The monoisotopic (exact) mass is 438 g/mol. The minimum Gasteiger partial charge on any atom is -0.483 e. The molecule has 0 unspecified atom stereocenters. The molecule has 2 aromatic rings. The Hall–Kier alpha value is -1.66. The van der Waals surface area contributed by atoms with Crippen molar-refractivity contribution >= 4 is 43.5 Å². The second-order valence-electron chi connectivity index (χ2n) is 4.68. The average Bonchev–Trinajstić information content (AvgIpc) is 2.55. The highest BCUT2D eigenvalue weighted by Crippen LogP contribution is 2.28. The van der Waals surface area contributed by atoms with Gasteiger partial charge in [-0.15, -0.1) is 0 Å². The number of nitrogens with one attached hydrogen (secondary N) is 1. The summed E-state index contributed by atoms with van der Waals surface area (Å²) >= 11 is 6.75. The number of hydrogen-bond acceptors (Lipinski definition) is 3. The Morgan fingerprint density at radius 2 is 1.91 bits per heavy atom. The first kappa shape index (κ1) is 17.7. The molecular formula is C17H16Br2N2O2. The summed E-state index contributed by atoms with van der Waals surface area (Å²) in [6, 6.07) is 15.2. The van der Waals surface area contributed by atoms with Gasteiger partial charge in [-0.3, -0.25) is 4.79 Å². The Morgan fingerprint density at radius 1 is 1.17 bits per heavy atom. The summed E-state index contributed by atoms with van der Waals surface area (Å²) in [6.07, 6.45) is 0.726. The highest BCUT2D eigenvalue weighted by molar-refractivity contribution is 9.11. The largest absolute Gasteiger partial charge is 0.483 e. The summed E-state index contributed by atoms with van der Waals surface area (Å²) in [6.45, 7) is 1.89. The van der Waals surface area contributed by atoms with E-state index in [0.29, 0.717) is 5.75 Å². The molecule has 2 rings (SSSR count). The van der Waals surface area contributed by atoms with Gasteiger partial charge in [-0.2, -0.15) is 5.10 Å². The zero-order valence-electron chi connectivity index (χ0n) is 12.6. The zero-order valence-corrected chi connectivity index (χ0v) is 15.7. The molecule has 0 fully saturated rings. The van der Waals surface area contributed by atoms with Crippen molar-refractivity contribution in [1.29, 1.82) is 0 Å². The van der Waals surface area contributed by atoms with E-state index in [1.54, 1.807) is 6.07 Å².